The number of hydrogen-bond acceptors (Lipinski definition) is 5. The normalized spacial score (nSPS) is 14.1. The number of benzene rings is 1. The van der Waals surface area contributed by atoms with E-state index < -0.39 is 5.97 Å². The second kappa shape index (κ2) is 8.22. The van der Waals surface area contributed by atoms with Crippen molar-refractivity contribution < 1.29 is 14.3 Å². The number of nitrogens with zero attached hydrogens (tertiary/aromatic N) is 4. The van der Waals surface area contributed by atoms with E-state index in [4.69, 9.17) is 4.74 Å². The van der Waals surface area contributed by atoms with Crippen molar-refractivity contribution in [2.24, 2.45) is 0 Å². The largest absolute Gasteiger partial charge is 0.464 e. The molecular weight excluding hydrogens is 396 g/mol. The summed E-state index contributed by atoms with van der Waals surface area (Å²) in [6.07, 6.45) is 1.74. The molecule has 1 atom stereocenters. The number of carbonyl (C=O) groups excluding carboxylic acids is 2. The lowest BCUT2D eigenvalue weighted by atomic mass is 10.1. The maximum absolute atomic E-state index is 13.4. The van der Waals surface area contributed by atoms with E-state index >= 15 is 0 Å². The van der Waals surface area contributed by atoms with E-state index in [1.165, 1.54) is 7.11 Å². The van der Waals surface area contributed by atoms with Crippen LogP contribution in [0, 0.1) is 6.92 Å². The van der Waals surface area contributed by atoms with E-state index in [1.807, 2.05) is 37.3 Å². The summed E-state index contributed by atoms with van der Waals surface area (Å²) in [6.45, 7) is 4.82. The zero-order valence-electron chi connectivity index (χ0n) is 17.7. The highest BCUT2D eigenvalue weighted by atomic mass is 16.5. The second-order valence-electron chi connectivity index (χ2n) is 7.64. The third-order valence-electron chi connectivity index (χ3n) is 5.72. The molecule has 8 nitrogen and oxygen atoms in total. The number of aromatic nitrogens is 3. The first-order chi connectivity index (χ1) is 14.9. The van der Waals surface area contributed by atoms with Crippen LogP contribution in [0.15, 0.2) is 53.5 Å². The molecule has 1 aliphatic heterocycles. The van der Waals surface area contributed by atoms with Gasteiger partial charge < -0.3 is 14.2 Å². The molecule has 8 heteroatoms. The quantitative estimate of drug-likeness (QED) is 0.605. The Kier molecular flexibility index (Phi) is 5.46. The number of pyridine rings is 1. The van der Waals surface area contributed by atoms with E-state index in [2.05, 4.69) is 5.10 Å². The fourth-order valence-electron chi connectivity index (χ4n) is 3.90. The monoisotopic (exact) mass is 420 g/mol. The van der Waals surface area contributed by atoms with Gasteiger partial charge >= 0.3 is 5.97 Å². The Morgan fingerprint density at radius 2 is 1.87 bits per heavy atom. The molecule has 1 unspecified atom stereocenters. The molecule has 3 aromatic rings. The lowest BCUT2D eigenvalue weighted by Crippen LogP contribution is -2.42. The van der Waals surface area contributed by atoms with Gasteiger partial charge in [0.1, 0.15) is 5.56 Å². The summed E-state index contributed by atoms with van der Waals surface area (Å²) in [7, 11) is 1.30. The average molecular weight is 420 g/mol. The Balaban J connectivity index is 1.64. The second-order valence-corrected chi connectivity index (χ2v) is 7.64. The molecule has 1 aromatic carbocycles. The van der Waals surface area contributed by atoms with E-state index in [0.717, 1.165) is 11.3 Å². The number of ether oxygens (including phenoxy) is 1. The molecule has 4 rings (SSSR count). The van der Waals surface area contributed by atoms with Gasteiger partial charge in [-0.1, -0.05) is 30.3 Å². The molecule has 2 aromatic heterocycles. The summed E-state index contributed by atoms with van der Waals surface area (Å²) in [6, 6.07) is 12.9. The minimum atomic E-state index is -0.517. The van der Waals surface area contributed by atoms with Crippen molar-refractivity contribution in [2.45, 2.75) is 33.0 Å². The van der Waals surface area contributed by atoms with E-state index in [9.17, 15) is 14.4 Å². The van der Waals surface area contributed by atoms with Crippen molar-refractivity contribution in [1.82, 2.24) is 19.2 Å². The zero-order chi connectivity index (χ0) is 22.1. The first-order valence-electron chi connectivity index (χ1n) is 10.1. The summed E-state index contributed by atoms with van der Waals surface area (Å²) in [5, 5.41) is 4.23. The molecule has 1 aliphatic rings. The highest BCUT2D eigenvalue weighted by molar-refractivity contribution is 5.95. The van der Waals surface area contributed by atoms with Crippen molar-refractivity contribution in [1.29, 1.82) is 0 Å². The summed E-state index contributed by atoms with van der Waals surface area (Å²) in [5.41, 5.74) is 2.43. The zero-order valence-corrected chi connectivity index (χ0v) is 17.7. The number of rotatable bonds is 4. The molecule has 1 amide bonds. The number of aryl methyl sites for hydroxylation is 1. The molecule has 0 saturated heterocycles. The van der Waals surface area contributed by atoms with Gasteiger partial charge in [-0.25, -0.2) is 4.79 Å². The highest BCUT2D eigenvalue weighted by Crippen LogP contribution is 2.19. The van der Waals surface area contributed by atoms with Crippen molar-refractivity contribution in [3.05, 3.63) is 87.1 Å². The topological polar surface area (TPSA) is 86.4 Å². The number of fused-ring (bicyclic) bond motifs is 1. The van der Waals surface area contributed by atoms with Gasteiger partial charge in [0.05, 0.1) is 31.9 Å². The van der Waals surface area contributed by atoms with Crippen molar-refractivity contribution in [3.63, 3.8) is 0 Å². The fraction of sp³-hybridized carbons (Fsp3) is 0.304. The number of amides is 1. The van der Waals surface area contributed by atoms with Gasteiger partial charge in [-0.05, 0) is 37.1 Å². The number of methoxy groups -OCH3 is 1. The molecule has 0 fully saturated rings. The van der Waals surface area contributed by atoms with Crippen LogP contribution < -0.4 is 5.56 Å². The van der Waals surface area contributed by atoms with Gasteiger partial charge in [-0.3, -0.25) is 14.3 Å². The molecule has 160 valence electrons. The van der Waals surface area contributed by atoms with Gasteiger partial charge in [-0.15, -0.1) is 0 Å². The van der Waals surface area contributed by atoms with Crippen molar-refractivity contribution in [3.8, 4) is 0 Å². The minimum absolute atomic E-state index is 0.173. The summed E-state index contributed by atoms with van der Waals surface area (Å²) in [5.74, 6) is -0.833. The first-order valence-corrected chi connectivity index (χ1v) is 10.1. The van der Waals surface area contributed by atoms with E-state index in [0.29, 0.717) is 18.7 Å². The van der Waals surface area contributed by atoms with Crippen LogP contribution in [0.5, 0.6) is 0 Å². The van der Waals surface area contributed by atoms with Crippen LogP contribution in [0.1, 0.15) is 50.6 Å². The van der Waals surface area contributed by atoms with Crippen LogP contribution >= 0.6 is 0 Å². The van der Waals surface area contributed by atoms with Gasteiger partial charge in [0.2, 0.25) is 0 Å². The lowest BCUT2D eigenvalue weighted by molar-refractivity contribution is 0.0591. The van der Waals surface area contributed by atoms with Gasteiger partial charge in [0.25, 0.3) is 11.5 Å². The third kappa shape index (κ3) is 3.76. The smallest absolute Gasteiger partial charge is 0.358 e. The molecule has 31 heavy (non-hydrogen) atoms. The average Bonchev–Trinajstić information content (AvgIpc) is 3.22. The Hall–Kier alpha value is -3.68. The van der Waals surface area contributed by atoms with Crippen molar-refractivity contribution >= 4 is 11.9 Å². The molecule has 0 bridgehead atoms. The molecule has 0 aliphatic carbocycles. The van der Waals surface area contributed by atoms with Crippen LogP contribution in [-0.2, 0) is 17.8 Å². The summed E-state index contributed by atoms with van der Waals surface area (Å²) in [4.78, 5) is 40.0. The van der Waals surface area contributed by atoms with Crippen LogP contribution in [-0.4, -0.2) is 44.8 Å². The van der Waals surface area contributed by atoms with Gasteiger partial charge in [0.15, 0.2) is 5.69 Å². The SMILES string of the molecule is COC(=O)c1cc2n(n1)CCN(C(=O)c1c(C)ccn(C(C)c3ccccc3)c1=O)C2. The van der Waals surface area contributed by atoms with E-state index in [-0.39, 0.29) is 35.3 Å². The molecule has 0 saturated carbocycles. The summed E-state index contributed by atoms with van der Waals surface area (Å²) < 4.78 is 8.02. The molecule has 0 radical (unpaired) electrons. The van der Waals surface area contributed by atoms with Gasteiger partial charge in [0, 0.05) is 12.7 Å². The summed E-state index contributed by atoms with van der Waals surface area (Å²) >= 11 is 0. The standard InChI is InChI=1S/C23H24N4O4/c1-15-9-10-26(16(2)17-7-5-4-6-8-17)22(29)20(15)21(28)25-11-12-27-18(14-25)13-19(24-27)23(30)31-3/h4-10,13,16H,11-12,14H2,1-3H3. The highest BCUT2D eigenvalue weighted by Gasteiger charge is 2.28. The molecule has 3 heterocycles. The first kappa shape index (κ1) is 20.6. The molecular formula is C23H24N4O4. The number of esters is 1. The van der Waals surface area contributed by atoms with Crippen LogP contribution in [0.3, 0.4) is 0 Å². The predicted octanol–water partition coefficient (Wildman–Crippen LogP) is 2.41. The minimum Gasteiger partial charge on any atom is -0.464 e. The fourth-order valence-corrected chi connectivity index (χ4v) is 3.90. The maximum atomic E-state index is 13.4. The number of carbonyl (C=O) groups is 2. The van der Waals surface area contributed by atoms with E-state index in [1.54, 1.807) is 39.4 Å². The third-order valence-corrected chi connectivity index (χ3v) is 5.72. The number of hydrogen-bond donors (Lipinski definition) is 0. The lowest BCUT2D eigenvalue weighted by Gasteiger charge is -2.28. The van der Waals surface area contributed by atoms with Crippen LogP contribution in [0.25, 0.3) is 0 Å². The Morgan fingerprint density at radius 3 is 2.58 bits per heavy atom. The Morgan fingerprint density at radius 1 is 1.13 bits per heavy atom. The van der Waals surface area contributed by atoms with Crippen molar-refractivity contribution in [2.75, 3.05) is 13.7 Å². The van der Waals surface area contributed by atoms with Crippen LogP contribution in [0.2, 0.25) is 0 Å². The molecule has 0 spiro atoms. The van der Waals surface area contributed by atoms with Crippen LogP contribution in [0.4, 0.5) is 0 Å². The van der Waals surface area contributed by atoms with Gasteiger partial charge in [-0.2, -0.15) is 5.10 Å². The Labute approximate surface area is 179 Å². The maximum Gasteiger partial charge on any atom is 0.358 e. The predicted molar refractivity (Wildman–Crippen MR) is 114 cm³/mol. The Bertz CT molecular complexity index is 1200. The molecule has 0 N–H and O–H groups in total.